The molecule has 0 spiro atoms. The quantitative estimate of drug-likeness (QED) is 0.550. The Labute approximate surface area is 63.2 Å². The van der Waals surface area contributed by atoms with Crippen molar-refractivity contribution < 1.29 is 4.74 Å². The molecule has 0 radical (unpaired) electrons. The summed E-state index contributed by atoms with van der Waals surface area (Å²) in [6.07, 6.45) is 2.36. The molecule has 1 aliphatic rings. The minimum Gasteiger partial charge on any atom is -0.454 e. The van der Waals surface area contributed by atoms with Crippen LogP contribution in [0.25, 0.3) is 0 Å². The largest absolute Gasteiger partial charge is 0.454 e. The molecule has 60 valence electrons. The molecule has 1 aliphatic heterocycles. The molecule has 0 N–H and O–H groups in total. The molecule has 2 nitrogen and oxygen atoms in total. The van der Waals surface area contributed by atoms with Gasteiger partial charge in [0.2, 0.25) is 0 Å². The van der Waals surface area contributed by atoms with E-state index in [1.807, 2.05) is 4.90 Å². The maximum atomic E-state index is 5.40. The van der Waals surface area contributed by atoms with Crippen LogP contribution in [0.2, 0.25) is 0 Å². The number of nitrogens with zero attached hydrogens (tertiary/aromatic N) is 1. The lowest BCUT2D eigenvalue weighted by atomic mass is 9.90. The van der Waals surface area contributed by atoms with Gasteiger partial charge in [0.15, 0.2) is 0 Å². The third-order valence-electron chi connectivity index (χ3n) is 2.16. The van der Waals surface area contributed by atoms with Crippen LogP contribution in [0.1, 0.15) is 19.8 Å². The second-order valence-electron chi connectivity index (χ2n) is 3.12. The van der Waals surface area contributed by atoms with Crippen LogP contribution in [0, 0.1) is 7.05 Å². The SMILES string of the molecule is [CH2-]N1CC(CCC)(OC)C1. The van der Waals surface area contributed by atoms with Gasteiger partial charge in [0, 0.05) is 20.2 Å². The van der Waals surface area contributed by atoms with Gasteiger partial charge >= 0.3 is 0 Å². The summed E-state index contributed by atoms with van der Waals surface area (Å²) in [4.78, 5) is 2.04. The van der Waals surface area contributed by atoms with Crippen LogP contribution in [0.15, 0.2) is 0 Å². The summed E-state index contributed by atoms with van der Waals surface area (Å²) in [6.45, 7) is 4.18. The molecule has 1 heterocycles. The molecule has 0 unspecified atom stereocenters. The summed E-state index contributed by atoms with van der Waals surface area (Å²) >= 11 is 0. The van der Waals surface area contributed by atoms with Crippen LogP contribution >= 0.6 is 0 Å². The van der Waals surface area contributed by atoms with Gasteiger partial charge in [0.05, 0.1) is 5.60 Å². The van der Waals surface area contributed by atoms with Gasteiger partial charge in [-0.25, -0.2) is 0 Å². The lowest BCUT2D eigenvalue weighted by Crippen LogP contribution is -2.60. The topological polar surface area (TPSA) is 12.5 Å². The molecule has 1 rings (SSSR count). The van der Waals surface area contributed by atoms with Gasteiger partial charge in [-0.15, -0.1) is 0 Å². The fourth-order valence-corrected chi connectivity index (χ4v) is 1.61. The Balaban J connectivity index is 2.32. The van der Waals surface area contributed by atoms with E-state index in [2.05, 4.69) is 14.0 Å². The molecule has 0 aromatic heterocycles. The Morgan fingerprint density at radius 2 is 2.20 bits per heavy atom. The second kappa shape index (κ2) is 2.89. The molecule has 1 fully saturated rings. The maximum Gasteiger partial charge on any atom is 0.0882 e. The Morgan fingerprint density at radius 1 is 1.60 bits per heavy atom. The fourth-order valence-electron chi connectivity index (χ4n) is 1.61. The third-order valence-corrected chi connectivity index (χ3v) is 2.16. The molecule has 0 bridgehead atoms. The highest BCUT2D eigenvalue weighted by atomic mass is 16.5. The van der Waals surface area contributed by atoms with Crippen molar-refractivity contribution in [3.8, 4) is 0 Å². The number of ether oxygens (including phenoxy) is 1. The van der Waals surface area contributed by atoms with Crippen LogP contribution in [-0.2, 0) is 4.74 Å². The van der Waals surface area contributed by atoms with Gasteiger partial charge in [-0.3, -0.25) is 7.05 Å². The van der Waals surface area contributed by atoms with E-state index in [1.165, 1.54) is 6.42 Å². The summed E-state index contributed by atoms with van der Waals surface area (Å²) in [5.74, 6) is 0. The summed E-state index contributed by atoms with van der Waals surface area (Å²) in [5, 5.41) is 0. The average Bonchev–Trinajstić information content (AvgIpc) is 1.84. The molecule has 0 aromatic rings. The number of likely N-dealkylation sites (tertiary alicyclic amines) is 1. The first kappa shape index (κ1) is 8.02. The number of rotatable bonds is 3. The summed E-state index contributed by atoms with van der Waals surface area (Å²) < 4.78 is 5.40. The number of hydrogen-bond acceptors (Lipinski definition) is 2. The van der Waals surface area contributed by atoms with E-state index in [9.17, 15) is 0 Å². The van der Waals surface area contributed by atoms with Gasteiger partial charge in [0.1, 0.15) is 0 Å². The fraction of sp³-hybridized carbons (Fsp3) is 0.875. The summed E-state index contributed by atoms with van der Waals surface area (Å²) in [6, 6.07) is 0. The molecular weight excluding hydrogens is 126 g/mol. The van der Waals surface area contributed by atoms with Gasteiger partial charge < -0.3 is 9.64 Å². The van der Waals surface area contributed by atoms with Crippen LogP contribution in [0.3, 0.4) is 0 Å². The van der Waals surface area contributed by atoms with Crippen molar-refractivity contribution in [2.45, 2.75) is 25.4 Å². The van der Waals surface area contributed by atoms with Crippen LogP contribution in [0.4, 0.5) is 0 Å². The van der Waals surface area contributed by atoms with Crippen molar-refractivity contribution in [1.29, 1.82) is 0 Å². The molecule has 10 heavy (non-hydrogen) atoms. The second-order valence-corrected chi connectivity index (χ2v) is 3.12. The monoisotopic (exact) mass is 142 g/mol. The molecule has 0 aliphatic carbocycles. The smallest absolute Gasteiger partial charge is 0.0882 e. The van der Waals surface area contributed by atoms with Crippen LogP contribution in [-0.4, -0.2) is 30.7 Å². The lowest BCUT2D eigenvalue weighted by molar-refractivity contribution is -0.112. The van der Waals surface area contributed by atoms with Crippen molar-refractivity contribution in [2.24, 2.45) is 0 Å². The zero-order chi connectivity index (χ0) is 7.61. The minimum absolute atomic E-state index is 0.149. The first-order chi connectivity index (χ1) is 4.72. The van der Waals surface area contributed by atoms with E-state index in [0.717, 1.165) is 19.5 Å². The molecule has 0 atom stereocenters. The zero-order valence-corrected chi connectivity index (χ0v) is 6.89. The van der Waals surface area contributed by atoms with Crippen molar-refractivity contribution >= 4 is 0 Å². The highest BCUT2D eigenvalue weighted by Gasteiger charge is 2.36. The molecule has 0 amide bonds. The van der Waals surface area contributed by atoms with Crippen molar-refractivity contribution in [1.82, 2.24) is 4.90 Å². The predicted octanol–water partition coefficient (Wildman–Crippen LogP) is 1.28. The van der Waals surface area contributed by atoms with E-state index >= 15 is 0 Å². The normalized spacial score (nSPS) is 24.3. The standard InChI is InChI=1S/C8H16NO/c1-4-5-8(10-3)6-9(2)7-8/h2,4-7H2,1,3H3/q-1. The van der Waals surface area contributed by atoms with Crippen molar-refractivity contribution in [3.63, 3.8) is 0 Å². The van der Waals surface area contributed by atoms with Gasteiger partial charge in [-0.2, -0.15) is 0 Å². The van der Waals surface area contributed by atoms with Crippen molar-refractivity contribution in [2.75, 3.05) is 20.2 Å². The van der Waals surface area contributed by atoms with E-state index in [1.54, 1.807) is 7.11 Å². The first-order valence-corrected chi connectivity index (χ1v) is 3.83. The van der Waals surface area contributed by atoms with Gasteiger partial charge in [-0.1, -0.05) is 13.3 Å². The van der Waals surface area contributed by atoms with E-state index in [0.29, 0.717) is 0 Å². The van der Waals surface area contributed by atoms with Crippen LogP contribution < -0.4 is 0 Å². The number of methoxy groups -OCH3 is 1. The Bertz CT molecular complexity index is 102. The average molecular weight is 142 g/mol. The minimum atomic E-state index is 0.149. The summed E-state index contributed by atoms with van der Waals surface area (Å²) in [5.41, 5.74) is 0.149. The van der Waals surface area contributed by atoms with Crippen molar-refractivity contribution in [3.05, 3.63) is 7.05 Å². The van der Waals surface area contributed by atoms with Crippen LogP contribution in [0.5, 0.6) is 0 Å². The van der Waals surface area contributed by atoms with E-state index in [-0.39, 0.29) is 5.60 Å². The van der Waals surface area contributed by atoms with E-state index in [4.69, 9.17) is 4.74 Å². The Morgan fingerprint density at radius 3 is 2.50 bits per heavy atom. The third kappa shape index (κ3) is 1.32. The van der Waals surface area contributed by atoms with Gasteiger partial charge in [-0.05, 0) is 6.42 Å². The molecule has 0 aromatic carbocycles. The molecule has 0 saturated carbocycles. The zero-order valence-electron chi connectivity index (χ0n) is 6.89. The summed E-state index contributed by atoms with van der Waals surface area (Å²) in [7, 11) is 5.62. The lowest BCUT2D eigenvalue weighted by Gasteiger charge is -2.52. The highest BCUT2D eigenvalue weighted by molar-refractivity contribution is 4.96. The molecule has 1 saturated heterocycles. The van der Waals surface area contributed by atoms with Gasteiger partial charge in [0.25, 0.3) is 0 Å². The maximum absolute atomic E-state index is 5.40. The molecular formula is C8H16NO-. The van der Waals surface area contributed by atoms with E-state index < -0.39 is 0 Å². The highest BCUT2D eigenvalue weighted by Crippen LogP contribution is 2.28. The molecule has 2 heteroatoms. The Hall–Kier alpha value is -0.0800. The number of hydrogen-bond donors (Lipinski definition) is 0. The predicted molar refractivity (Wildman–Crippen MR) is 41.6 cm³/mol. The Kier molecular flexibility index (Phi) is 2.32. The first-order valence-electron chi connectivity index (χ1n) is 3.83.